The van der Waals surface area contributed by atoms with Gasteiger partial charge in [-0.05, 0) is 20.3 Å². The Morgan fingerprint density at radius 1 is 1.35 bits per heavy atom. The summed E-state index contributed by atoms with van der Waals surface area (Å²) in [5.74, 6) is 0.875. The Balaban J connectivity index is 2.65. The lowest BCUT2D eigenvalue weighted by atomic mass is 10.2. The molecule has 0 atom stereocenters. The summed E-state index contributed by atoms with van der Waals surface area (Å²) < 4.78 is 24.5. The number of rotatable bonds is 6. The molecule has 0 aliphatic rings. The molecule has 0 unspecified atom stereocenters. The largest absolute Gasteiger partial charge is 0.269 e. The van der Waals surface area contributed by atoms with Crippen LogP contribution in [0.25, 0.3) is 0 Å². The summed E-state index contributed by atoms with van der Waals surface area (Å²) in [7, 11) is -2.88. The number of aromatic nitrogens is 2. The van der Waals surface area contributed by atoms with Gasteiger partial charge in [0.2, 0.25) is 0 Å². The Bertz CT molecular complexity index is 480. The van der Waals surface area contributed by atoms with E-state index in [2.05, 4.69) is 5.10 Å². The normalized spacial score (nSPS) is 12.0. The number of aryl methyl sites for hydroxylation is 2. The molecular weight excluding hydrogens is 260 g/mol. The van der Waals surface area contributed by atoms with E-state index in [9.17, 15) is 8.42 Å². The van der Waals surface area contributed by atoms with Gasteiger partial charge in [-0.15, -0.1) is 11.6 Å². The Kier molecular flexibility index (Phi) is 5.01. The molecule has 0 bridgehead atoms. The van der Waals surface area contributed by atoms with Gasteiger partial charge in [0.15, 0.2) is 0 Å². The molecule has 98 valence electrons. The predicted molar refractivity (Wildman–Crippen MR) is 70.2 cm³/mol. The summed E-state index contributed by atoms with van der Waals surface area (Å²) in [6, 6.07) is 0. The fraction of sp³-hybridized carbons (Fsp3) is 0.727. The van der Waals surface area contributed by atoms with Crippen molar-refractivity contribution in [1.29, 1.82) is 0 Å². The average Bonchev–Trinajstić information content (AvgIpc) is 2.54. The van der Waals surface area contributed by atoms with Crippen LogP contribution in [0.4, 0.5) is 0 Å². The summed E-state index contributed by atoms with van der Waals surface area (Å²) in [5.41, 5.74) is 3.01. The van der Waals surface area contributed by atoms with Crippen molar-refractivity contribution in [1.82, 2.24) is 9.78 Å². The van der Waals surface area contributed by atoms with Crippen molar-refractivity contribution in [3.63, 3.8) is 0 Å². The minimum atomic E-state index is -2.88. The number of nitrogens with zero attached hydrogens (tertiary/aromatic N) is 2. The Hall–Kier alpha value is -0.550. The highest BCUT2D eigenvalue weighted by atomic mass is 35.5. The van der Waals surface area contributed by atoms with Gasteiger partial charge in [0.1, 0.15) is 9.84 Å². The average molecular weight is 279 g/mol. The molecule has 0 radical (unpaired) electrons. The summed E-state index contributed by atoms with van der Waals surface area (Å²) in [5, 5.41) is 4.36. The third kappa shape index (κ3) is 3.71. The lowest BCUT2D eigenvalue weighted by Gasteiger charge is -2.05. The van der Waals surface area contributed by atoms with Crippen molar-refractivity contribution in [2.45, 2.75) is 39.6 Å². The maximum atomic E-state index is 11.4. The molecule has 0 aromatic carbocycles. The highest BCUT2D eigenvalue weighted by Gasteiger charge is 2.11. The van der Waals surface area contributed by atoms with Crippen LogP contribution in [0.3, 0.4) is 0 Å². The Morgan fingerprint density at radius 3 is 2.47 bits per heavy atom. The van der Waals surface area contributed by atoms with Crippen molar-refractivity contribution < 1.29 is 8.42 Å². The van der Waals surface area contributed by atoms with Crippen LogP contribution in [-0.4, -0.2) is 29.7 Å². The van der Waals surface area contributed by atoms with Gasteiger partial charge in [-0.25, -0.2) is 8.42 Å². The molecule has 17 heavy (non-hydrogen) atoms. The second-order valence-electron chi connectivity index (χ2n) is 4.10. The first-order chi connectivity index (χ1) is 7.91. The van der Waals surface area contributed by atoms with Crippen LogP contribution in [0.1, 0.15) is 30.3 Å². The van der Waals surface area contributed by atoms with E-state index in [1.54, 1.807) is 6.92 Å². The summed E-state index contributed by atoms with van der Waals surface area (Å²) in [4.78, 5) is 0. The first-order valence-electron chi connectivity index (χ1n) is 5.70. The third-order valence-electron chi connectivity index (χ3n) is 2.93. The third-order valence-corrected chi connectivity index (χ3v) is 4.99. The molecule has 1 aromatic heterocycles. The van der Waals surface area contributed by atoms with Crippen molar-refractivity contribution in [2.75, 3.05) is 11.5 Å². The first-order valence-corrected chi connectivity index (χ1v) is 8.06. The number of hydrogen-bond acceptors (Lipinski definition) is 3. The Morgan fingerprint density at radius 2 is 2.00 bits per heavy atom. The van der Waals surface area contributed by atoms with Crippen LogP contribution in [0, 0.1) is 13.8 Å². The van der Waals surface area contributed by atoms with Crippen molar-refractivity contribution in [3.05, 3.63) is 17.0 Å². The lowest BCUT2D eigenvalue weighted by Crippen LogP contribution is -2.12. The number of alkyl halides is 1. The fourth-order valence-corrected chi connectivity index (χ4v) is 2.97. The van der Waals surface area contributed by atoms with E-state index < -0.39 is 9.84 Å². The van der Waals surface area contributed by atoms with E-state index in [4.69, 9.17) is 11.6 Å². The predicted octanol–water partition coefficient (Wildman–Crippen LogP) is 2.06. The second-order valence-corrected chi connectivity index (χ2v) is 6.84. The zero-order chi connectivity index (χ0) is 13.1. The highest BCUT2D eigenvalue weighted by molar-refractivity contribution is 7.91. The summed E-state index contributed by atoms with van der Waals surface area (Å²) >= 11 is 5.83. The van der Waals surface area contributed by atoms with Crippen LogP contribution in [0.5, 0.6) is 0 Å². The topological polar surface area (TPSA) is 52.0 Å². The van der Waals surface area contributed by atoms with Gasteiger partial charge in [0.25, 0.3) is 0 Å². The number of sulfone groups is 1. The van der Waals surface area contributed by atoms with Crippen LogP contribution in [0.15, 0.2) is 0 Å². The maximum Gasteiger partial charge on any atom is 0.150 e. The molecule has 0 fully saturated rings. The maximum absolute atomic E-state index is 11.4. The zero-order valence-corrected chi connectivity index (χ0v) is 12.1. The van der Waals surface area contributed by atoms with E-state index in [1.807, 2.05) is 18.5 Å². The van der Waals surface area contributed by atoms with Gasteiger partial charge in [-0.1, -0.05) is 6.92 Å². The minimum absolute atomic E-state index is 0.205. The van der Waals surface area contributed by atoms with Crippen molar-refractivity contribution in [2.24, 2.45) is 0 Å². The molecule has 1 heterocycles. The van der Waals surface area contributed by atoms with Gasteiger partial charge in [0.05, 0.1) is 17.3 Å². The molecular formula is C11H19ClN2O2S. The van der Waals surface area contributed by atoms with Gasteiger partial charge >= 0.3 is 0 Å². The lowest BCUT2D eigenvalue weighted by molar-refractivity contribution is 0.564. The first kappa shape index (κ1) is 14.5. The molecule has 0 spiro atoms. The molecule has 0 aliphatic heterocycles. The van der Waals surface area contributed by atoms with Crippen LogP contribution < -0.4 is 0 Å². The van der Waals surface area contributed by atoms with E-state index in [-0.39, 0.29) is 11.5 Å². The van der Waals surface area contributed by atoms with Crippen molar-refractivity contribution >= 4 is 21.4 Å². The second kappa shape index (κ2) is 5.87. The number of halogens is 1. The van der Waals surface area contributed by atoms with Gasteiger partial charge in [-0.2, -0.15) is 5.10 Å². The minimum Gasteiger partial charge on any atom is -0.269 e. The van der Waals surface area contributed by atoms with Crippen LogP contribution >= 0.6 is 11.6 Å². The standard InChI is InChI=1S/C11H19ClN2O2S/c1-4-17(15,16)7-5-6-14-10(3)11(8-12)9(2)13-14/h4-8H2,1-3H3. The van der Waals surface area contributed by atoms with E-state index in [0.717, 1.165) is 17.0 Å². The monoisotopic (exact) mass is 278 g/mol. The van der Waals surface area contributed by atoms with E-state index >= 15 is 0 Å². The Labute approximate surface area is 108 Å². The van der Waals surface area contributed by atoms with Gasteiger partial charge in [-0.3, -0.25) is 4.68 Å². The molecule has 0 N–H and O–H groups in total. The molecule has 0 amide bonds. The fourth-order valence-electron chi connectivity index (χ4n) is 1.72. The molecule has 0 aliphatic carbocycles. The summed E-state index contributed by atoms with van der Waals surface area (Å²) in [6.45, 7) is 6.18. The van der Waals surface area contributed by atoms with Crippen LogP contribution in [-0.2, 0) is 22.3 Å². The smallest absolute Gasteiger partial charge is 0.150 e. The van der Waals surface area contributed by atoms with E-state index in [1.165, 1.54) is 0 Å². The van der Waals surface area contributed by atoms with Gasteiger partial charge in [0, 0.05) is 23.6 Å². The molecule has 1 rings (SSSR count). The molecule has 0 saturated heterocycles. The molecule has 0 saturated carbocycles. The SMILES string of the molecule is CCS(=O)(=O)CCCn1nc(C)c(CCl)c1C. The van der Waals surface area contributed by atoms with E-state index in [0.29, 0.717) is 18.8 Å². The van der Waals surface area contributed by atoms with Crippen LogP contribution in [0.2, 0.25) is 0 Å². The molecule has 1 aromatic rings. The number of hydrogen-bond donors (Lipinski definition) is 0. The molecule has 4 nitrogen and oxygen atoms in total. The molecule has 6 heteroatoms. The van der Waals surface area contributed by atoms with Crippen molar-refractivity contribution in [3.8, 4) is 0 Å². The highest BCUT2D eigenvalue weighted by Crippen LogP contribution is 2.15. The van der Waals surface area contributed by atoms with Gasteiger partial charge < -0.3 is 0 Å². The quantitative estimate of drug-likeness (QED) is 0.749. The zero-order valence-electron chi connectivity index (χ0n) is 10.5. The summed E-state index contributed by atoms with van der Waals surface area (Å²) in [6.07, 6.45) is 0.597.